The van der Waals surface area contributed by atoms with E-state index in [-0.39, 0.29) is 33.8 Å². The Kier molecular flexibility index (Phi) is 9.06. The lowest BCUT2D eigenvalue weighted by Crippen LogP contribution is -2.54. The molecule has 0 unspecified atom stereocenters. The molecule has 10 rings (SSSR count). The summed E-state index contributed by atoms with van der Waals surface area (Å²) in [5, 5.41) is 0. The summed E-state index contributed by atoms with van der Waals surface area (Å²) < 4.78 is 0. The third-order valence-electron chi connectivity index (χ3n) is 14.7. The minimum Gasteiger partial charge on any atom is -0.310 e. The summed E-state index contributed by atoms with van der Waals surface area (Å²) in [7, 11) is 0. The molecule has 3 heteroatoms. The molecule has 316 valence electrons. The van der Waals surface area contributed by atoms with Crippen molar-refractivity contribution in [3.8, 4) is 11.1 Å². The standard InChI is InChI=1S/C60H63BN2/c1-56(2,3)38-34-47(57(4,5)6)55(48(35-38)58(7,8)9)61-49-32-30-39(62-51-26-18-14-22-43(51)59(10,11)44-23-15-19-27-52(44)62)36-41(49)42-37-40(31-33-50(42)61)63-53-28-20-16-24-45(53)60(12,13)46-25-17-21-29-54(46)63/h14-37H,1-13H3. The third kappa shape index (κ3) is 6.28. The molecule has 0 atom stereocenters. The van der Waals surface area contributed by atoms with E-state index in [4.69, 9.17) is 0 Å². The summed E-state index contributed by atoms with van der Waals surface area (Å²) in [4.78, 5) is 5.04. The highest BCUT2D eigenvalue weighted by Gasteiger charge is 2.43. The number of nitrogens with zero attached hydrogens (tertiary/aromatic N) is 2. The molecule has 2 nitrogen and oxygen atoms in total. The van der Waals surface area contributed by atoms with Crippen LogP contribution in [0, 0.1) is 0 Å². The van der Waals surface area contributed by atoms with E-state index in [1.165, 1.54) is 101 Å². The quantitative estimate of drug-likeness (QED) is 0.164. The van der Waals surface area contributed by atoms with E-state index in [1.54, 1.807) is 0 Å². The highest BCUT2D eigenvalue weighted by atomic mass is 15.2. The van der Waals surface area contributed by atoms with Crippen molar-refractivity contribution < 1.29 is 0 Å². The minimum atomic E-state index is -0.130. The number of hydrogen-bond donors (Lipinski definition) is 0. The van der Waals surface area contributed by atoms with Gasteiger partial charge in [-0.15, -0.1) is 0 Å². The first kappa shape index (κ1) is 41.2. The molecular weight excluding hydrogens is 759 g/mol. The van der Waals surface area contributed by atoms with Crippen LogP contribution in [0.25, 0.3) is 11.1 Å². The molecule has 0 amide bonds. The topological polar surface area (TPSA) is 6.48 Å². The molecule has 0 saturated carbocycles. The molecule has 0 radical (unpaired) electrons. The Bertz CT molecular complexity index is 2690. The van der Waals surface area contributed by atoms with E-state index in [1.807, 2.05) is 0 Å². The van der Waals surface area contributed by atoms with Gasteiger partial charge in [0.15, 0.2) is 0 Å². The van der Waals surface area contributed by atoms with Crippen LogP contribution in [0.3, 0.4) is 0 Å². The normalized spacial score (nSPS) is 15.9. The van der Waals surface area contributed by atoms with Crippen LogP contribution in [-0.2, 0) is 27.1 Å². The van der Waals surface area contributed by atoms with Gasteiger partial charge in [-0.25, -0.2) is 0 Å². The molecule has 3 heterocycles. The van der Waals surface area contributed by atoms with Crippen LogP contribution in [0.4, 0.5) is 34.1 Å². The summed E-state index contributed by atoms with van der Waals surface area (Å²) in [5.74, 6) is 0. The van der Waals surface area contributed by atoms with Crippen molar-refractivity contribution in [2.75, 3.05) is 9.80 Å². The zero-order valence-electron chi connectivity index (χ0n) is 39.8. The molecule has 0 fully saturated rings. The van der Waals surface area contributed by atoms with Crippen molar-refractivity contribution in [2.24, 2.45) is 0 Å². The molecule has 63 heavy (non-hydrogen) atoms. The number of para-hydroxylation sites is 4. The number of anilines is 6. The van der Waals surface area contributed by atoms with Gasteiger partial charge in [0.25, 0.3) is 0 Å². The summed E-state index contributed by atoms with van der Waals surface area (Å²) in [5.41, 5.74) is 23.5. The molecule has 0 aromatic heterocycles. The van der Waals surface area contributed by atoms with Gasteiger partial charge in [-0.1, -0.05) is 203 Å². The van der Waals surface area contributed by atoms with Crippen molar-refractivity contribution >= 4 is 57.2 Å². The van der Waals surface area contributed by atoms with Crippen molar-refractivity contribution in [1.82, 2.24) is 0 Å². The highest BCUT2D eigenvalue weighted by molar-refractivity contribution is 6.99. The average molecular weight is 823 g/mol. The predicted octanol–water partition coefficient (Wildman–Crippen LogP) is 14.3. The molecule has 7 aromatic carbocycles. The highest BCUT2D eigenvalue weighted by Crippen LogP contribution is 2.54. The van der Waals surface area contributed by atoms with E-state index in [0.29, 0.717) is 0 Å². The lowest BCUT2D eigenvalue weighted by Gasteiger charge is -2.42. The first-order valence-corrected chi connectivity index (χ1v) is 23.1. The molecule has 0 aliphatic carbocycles. The van der Waals surface area contributed by atoms with Crippen LogP contribution >= 0.6 is 0 Å². The third-order valence-corrected chi connectivity index (χ3v) is 14.7. The number of hydrogen-bond acceptors (Lipinski definition) is 2. The lowest BCUT2D eigenvalue weighted by molar-refractivity contribution is 0.553. The Morgan fingerprint density at radius 2 is 0.698 bits per heavy atom. The summed E-state index contributed by atoms with van der Waals surface area (Å²) in [6.07, 6.45) is 0. The SMILES string of the molecule is CC(C)(C)c1cc(C(C)(C)C)c(B2c3ccc(N4c5ccccc5C(C)(C)c5ccccc54)cc3-c3cc(N4c5ccccc5C(C)(C)c5ccccc54)ccc32)c(C(C)(C)C)c1. The maximum atomic E-state index is 2.55. The molecule has 3 aliphatic heterocycles. The van der Waals surface area contributed by atoms with Gasteiger partial charge in [0.1, 0.15) is 0 Å². The van der Waals surface area contributed by atoms with E-state index in [9.17, 15) is 0 Å². The van der Waals surface area contributed by atoms with Crippen LogP contribution in [0.1, 0.15) is 129 Å². The van der Waals surface area contributed by atoms with Gasteiger partial charge in [-0.05, 0) is 115 Å². The Labute approximate surface area is 378 Å². The molecule has 0 saturated heterocycles. The average Bonchev–Trinajstić information content (AvgIpc) is 3.55. The van der Waals surface area contributed by atoms with Crippen molar-refractivity contribution in [2.45, 2.75) is 117 Å². The fourth-order valence-electron chi connectivity index (χ4n) is 11.3. The monoisotopic (exact) mass is 823 g/mol. The van der Waals surface area contributed by atoms with Gasteiger partial charge in [-0.3, -0.25) is 0 Å². The Morgan fingerprint density at radius 1 is 0.381 bits per heavy atom. The fourth-order valence-corrected chi connectivity index (χ4v) is 11.3. The van der Waals surface area contributed by atoms with Crippen LogP contribution in [0.15, 0.2) is 146 Å². The maximum Gasteiger partial charge on any atom is 0.243 e. The van der Waals surface area contributed by atoms with Gasteiger partial charge in [0.2, 0.25) is 6.71 Å². The van der Waals surface area contributed by atoms with Crippen molar-refractivity contribution in [3.63, 3.8) is 0 Å². The molecular formula is C60H63BN2. The smallest absolute Gasteiger partial charge is 0.243 e. The van der Waals surface area contributed by atoms with E-state index >= 15 is 0 Å². The first-order chi connectivity index (χ1) is 29.7. The first-order valence-electron chi connectivity index (χ1n) is 23.1. The number of benzene rings is 7. The second-order valence-electron chi connectivity index (χ2n) is 22.7. The largest absolute Gasteiger partial charge is 0.310 e. The van der Waals surface area contributed by atoms with E-state index in [2.05, 4.69) is 245 Å². The Hall–Kier alpha value is -5.80. The van der Waals surface area contributed by atoms with Crippen molar-refractivity contribution in [3.05, 3.63) is 185 Å². The van der Waals surface area contributed by atoms with Crippen LogP contribution < -0.4 is 26.2 Å². The maximum absolute atomic E-state index is 2.55. The van der Waals surface area contributed by atoms with E-state index < -0.39 is 0 Å². The van der Waals surface area contributed by atoms with Gasteiger partial charge in [-0.2, -0.15) is 0 Å². The molecule has 3 aliphatic rings. The van der Waals surface area contributed by atoms with Crippen LogP contribution in [0.2, 0.25) is 0 Å². The molecule has 0 spiro atoms. The van der Waals surface area contributed by atoms with Crippen LogP contribution in [0.5, 0.6) is 0 Å². The molecule has 7 aromatic rings. The predicted molar refractivity (Wildman–Crippen MR) is 273 cm³/mol. The zero-order valence-corrected chi connectivity index (χ0v) is 39.8. The summed E-state index contributed by atoms with van der Waals surface area (Å²) in [6, 6.07) is 56.0. The second-order valence-corrected chi connectivity index (χ2v) is 22.7. The Morgan fingerprint density at radius 3 is 1.00 bits per heavy atom. The van der Waals surface area contributed by atoms with E-state index in [0.717, 1.165) is 0 Å². The minimum absolute atomic E-state index is 0.0129. The van der Waals surface area contributed by atoms with Gasteiger partial charge in [0.05, 0.1) is 22.7 Å². The van der Waals surface area contributed by atoms with Crippen molar-refractivity contribution in [1.29, 1.82) is 0 Å². The molecule has 0 bridgehead atoms. The van der Waals surface area contributed by atoms with Crippen LogP contribution in [-0.4, -0.2) is 6.71 Å². The molecule has 0 N–H and O–H groups in total. The van der Waals surface area contributed by atoms with Gasteiger partial charge >= 0.3 is 0 Å². The van der Waals surface area contributed by atoms with Gasteiger partial charge in [0, 0.05) is 22.2 Å². The lowest BCUT2D eigenvalue weighted by atomic mass is 9.35. The summed E-state index contributed by atoms with van der Waals surface area (Å²) >= 11 is 0. The van der Waals surface area contributed by atoms with Gasteiger partial charge < -0.3 is 9.80 Å². The Balaban J connectivity index is 1.27. The number of fused-ring (bicyclic) bond motifs is 7. The fraction of sp³-hybridized carbons (Fsp3) is 0.300. The summed E-state index contributed by atoms with van der Waals surface area (Å²) in [6.45, 7) is 31.1. The zero-order chi connectivity index (χ0) is 44.6. The number of rotatable bonds is 3. The second kappa shape index (κ2) is 13.9.